The average molecular weight is 232 g/mol. The van der Waals surface area contributed by atoms with Crippen LogP contribution in [-0.4, -0.2) is 17.9 Å². The third-order valence-electron chi connectivity index (χ3n) is 1.68. The number of hydrogen-bond donors (Lipinski definition) is 1. The lowest BCUT2D eigenvalue weighted by Crippen LogP contribution is -2.04. The Morgan fingerprint density at radius 2 is 2.00 bits per heavy atom. The quantitative estimate of drug-likeness (QED) is 0.807. The summed E-state index contributed by atoms with van der Waals surface area (Å²) in [6.45, 7) is 0.0412. The van der Waals surface area contributed by atoms with E-state index in [9.17, 15) is 13.2 Å². The molecule has 0 heterocycles. The van der Waals surface area contributed by atoms with Gasteiger partial charge in [0.2, 0.25) is 0 Å². The van der Waals surface area contributed by atoms with Crippen LogP contribution in [0.1, 0.15) is 6.42 Å². The smallest absolute Gasteiger partial charge is 0.392 e. The van der Waals surface area contributed by atoms with Crippen LogP contribution in [0.2, 0.25) is 0 Å². The van der Waals surface area contributed by atoms with Crippen LogP contribution in [0.4, 0.5) is 13.2 Å². The largest absolute Gasteiger partial charge is 0.508 e. The topological polar surface area (TPSA) is 29.5 Å². The van der Waals surface area contributed by atoms with E-state index in [1.54, 1.807) is 12.1 Å². The first-order valence-electron chi connectivity index (χ1n) is 4.61. The highest BCUT2D eigenvalue weighted by molar-refractivity contribution is 5.31. The second kappa shape index (κ2) is 5.44. The number of allylic oxidation sites excluding steroid dienone is 1. The Bertz CT molecular complexity index is 358. The van der Waals surface area contributed by atoms with Gasteiger partial charge in [-0.3, -0.25) is 0 Å². The molecule has 0 radical (unpaired) electrons. The van der Waals surface area contributed by atoms with Crippen molar-refractivity contribution in [3.05, 3.63) is 36.4 Å². The van der Waals surface area contributed by atoms with Crippen LogP contribution in [0.25, 0.3) is 0 Å². The molecule has 1 aromatic carbocycles. The van der Waals surface area contributed by atoms with E-state index >= 15 is 0 Å². The second-order valence-electron chi connectivity index (χ2n) is 3.10. The summed E-state index contributed by atoms with van der Waals surface area (Å²) in [5.74, 6) is 0.466. The zero-order chi connectivity index (χ0) is 12.0. The molecule has 1 rings (SSSR count). The van der Waals surface area contributed by atoms with Crippen molar-refractivity contribution >= 4 is 0 Å². The Hall–Kier alpha value is -1.65. The molecule has 2 nitrogen and oxygen atoms in total. The molecule has 1 N–H and O–H groups in total. The van der Waals surface area contributed by atoms with Crippen molar-refractivity contribution in [3.8, 4) is 11.5 Å². The summed E-state index contributed by atoms with van der Waals surface area (Å²) in [4.78, 5) is 0. The predicted molar refractivity (Wildman–Crippen MR) is 53.4 cm³/mol. The molecule has 0 fully saturated rings. The number of benzene rings is 1. The van der Waals surface area contributed by atoms with Gasteiger partial charge in [-0.1, -0.05) is 18.2 Å². The maximum absolute atomic E-state index is 11.7. The third kappa shape index (κ3) is 5.29. The maximum Gasteiger partial charge on any atom is 0.392 e. The van der Waals surface area contributed by atoms with Gasteiger partial charge in [-0.2, -0.15) is 13.2 Å². The summed E-state index contributed by atoms with van der Waals surface area (Å²) in [6.07, 6.45) is -2.85. The number of aromatic hydroxyl groups is 1. The highest BCUT2D eigenvalue weighted by Crippen LogP contribution is 2.20. The van der Waals surface area contributed by atoms with E-state index in [4.69, 9.17) is 9.84 Å². The van der Waals surface area contributed by atoms with Crippen molar-refractivity contribution in [1.82, 2.24) is 0 Å². The van der Waals surface area contributed by atoms with Gasteiger partial charge in [0.15, 0.2) is 0 Å². The zero-order valence-corrected chi connectivity index (χ0v) is 8.37. The summed E-state index contributed by atoms with van der Waals surface area (Å²) in [5, 5.41) is 9.08. The Kier molecular flexibility index (Phi) is 4.22. The molecule has 0 amide bonds. The van der Waals surface area contributed by atoms with Gasteiger partial charge in [0.05, 0.1) is 6.42 Å². The van der Waals surface area contributed by atoms with Crippen molar-refractivity contribution in [3.63, 3.8) is 0 Å². The molecule has 0 saturated carbocycles. The standard InChI is InChI=1S/C11H11F3O2/c12-11(13,14)6-1-2-7-16-10-5-3-4-9(15)8-10/h1-5,8,15H,6-7H2/b2-1+. The number of alkyl halides is 3. The molecule has 0 aromatic heterocycles. The molecule has 0 spiro atoms. The van der Waals surface area contributed by atoms with Gasteiger partial charge in [0.1, 0.15) is 18.1 Å². The van der Waals surface area contributed by atoms with Gasteiger partial charge in [0.25, 0.3) is 0 Å². The van der Waals surface area contributed by atoms with Crippen LogP contribution >= 0.6 is 0 Å². The third-order valence-corrected chi connectivity index (χ3v) is 1.68. The summed E-state index contributed by atoms with van der Waals surface area (Å²) in [6, 6.07) is 6.06. The fraction of sp³-hybridized carbons (Fsp3) is 0.273. The van der Waals surface area contributed by atoms with Crippen molar-refractivity contribution in [2.75, 3.05) is 6.61 Å². The Labute approximate surface area is 91.0 Å². The first kappa shape index (κ1) is 12.4. The molecule has 0 saturated heterocycles. The van der Waals surface area contributed by atoms with E-state index in [-0.39, 0.29) is 12.4 Å². The van der Waals surface area contributed by atoms with E-state index in [2.05, 4.69) is 0 Å². The number of hydrogen-bond acceptors (Lipinski definition) is 2. The maximum atomic E-state index is 11.7. The number of rotatable bonds is 4. The lowest BCUT2D eigenvalue weighted by molar-refractivity contribution is -0.125. The van der Waals surface area contributed by atoms with Crippen LogP contribution in [0.5, 0.6) is 11.5 Å². The van der Waals surface area contributed by atoms with E-state index in [1.807, 2.05) is 0 Å². The minimum atomic E-state index is -4.18. The van der Waals surface area contributed by atoms with Gasteiger partial charge in [-0.05, 0) is 12.1 Å². The molecule has 5 heteroatoms. The fourth-order valence-electron chi connectivity index (χ4n) is 1.00. The molecule has 1 aromatic rings. The van der Waals surface area contributed by atoms with Crippen LogP contribution in [0, 0.1) is 0 Å². The van der Waals surface area contributed by atoms with E-state index < -0.39 is 12.6 Å². The highest BCUT2D eigenvalue weighted by Gasteiger charge is 2.24. The van der Waals surface area contributed by atoms with Crippen LogP contribution in [-0.2, 0) is 0 Å². The van der Waals surface area contributed by atoms with Crippen molar-refractivity contribution < 1.29 is 23.0 Å². The molecule has 16 heavy (non-hydrogen) atoms. The van der Waals surface area contributed by atoms with E-state index in [0.717, 1.165) is 6.08 Å². The average Bonchev–Trinajstić information content (AvgIpc) is 2.15. The van der Waals surface area contributed by atoms with Crippen molar-refractivity contribution in [2.45, 2.75) is 12.6 Å². The molecule has 0 aliphatic carbocycles. The monoisotopic (exact) mass is 232 g/mol. The normalized spacial score (nSPS) is 11.9. The minimum absolute atomic E-state index is 0.0412. The lowest BCUT2D eigenvalue weighted by atomic mass is 10.3. The molecule has 0 atom stereocenters. The fourth-order valence-corrected chi connectivity index (χ4v) is 1.00. The Balaban J connectivity index is 2.31. The summed E-state index contributed by atoms with van der Waals surface area (Å²) in [7, 11) is 0. The zero-order valence-electron chi connectivity index (χ0n) is 8.37. The molecule has 0 aliphatic rings. The molecule has 0 aliphatic heterocycles. The van der Waals surface area contributed by atoms with Gasteiger partial charge in [-0.25, -0.2) is 0 Å². The van der Waals surface area contributed by atoms with Gasteiger partial charge in [-0.15, -0.1) is 0 Å². The molecular weight excluding hydrogens is 221 g/mol. The van der Waals surface area contributed by atoms with Crippen LogP contribution in [0.15, 0.2) is 36.4 Å². The van der Waals surface area contributed by atoms with Crippen LogP contribution in [0.3, 0.4) is 0 Å². The second-order valence-corrected chi connectivity index (χ2v) is 3.10. The SMILES string of the molecule is Oc1cccc(OC/C=C/CC(F)(F)F)c1. The predicted octanol–water partition coefficient (Wildman–Crippen LogP) is 3.28. The van der Waals surface area contributed by atoms with Crippen molar-refractivity contribution in [1.29, 1.82) is 0 Å². The summed E-state index contributed by atoms with van der Waals surface area (Å²) >= 11 is 0. The summed E-state index contributed by atoms with van der Waals surface area (Å²) in [5.41, 5.74) is 0. The Morgan fingerprint density at radius 3 is 2.62 bits per heavy atom. The molecular formula is C11H11F3O2. The summed E-state index contributed by atoms with van der Waals surface area (Å²) < 4.78 is 40.3. The minimum Gasteiger partial charge on any atom is -0.508 e. The lowest BCUT2D eigenvalue weighted by Gasteiger charge is -2.03. The highest BCUT2D eigenvalue weighted by atomic mass is 19.4. The van der Waals surface area contributed by atoms with E-state index in [0.29, 0.717) is 5.75 Å². The first-order chi connectivity index (χ1) is 7.47. The van der Waals surface area contributed by atoms with Crippen LogP contribution < -0.4 is 4.74 Å². The molecule has 0 bridgehead atoms. The number of phenols is 1. The molecule has 88 valence electrons. The number of halogens is 3. The van der Waals surface area contributed by atoms with Gasteiger partial charge in [0, 0.05) is 6.07 Å². The first-order valence-corrected chi connectivity index (χ1v) is 4.61. The molecule has 0 unspecified atom stereocenters. The number of ether oxygens (including phenoxy) is 1. The van der Waals surface area contributed by atoms with Gasteiger partial charge < -0.3 is 9.84 Å². The Morgan fingerprint density at radius 1 is 1.25 bits per heavy atom. The number of phenolic OH excluding ortho intramolecular Hbond substituents is 1. The van der Waals surface area contributed by atoms with E-state index in [1.165, 1.54) is 18.2 Å². The van der Waals surface area contributed by atoms with Gasteiger partial charge >= 0.3 is 6.18 Å². The van der Waals surface area contributed by atoms with Crippen molar-refractivity contribution in [2.24, 2.45) is 0 Å².